The number of hydrogen-bond donors (Lipinski definition) is 1. The molecule has 0 aliphatic carbocycles. The molecule has 0 radical (unpaired) electrons. The number of benzene rings is 3. The van der Waals surface area contributed by atoms with Crippen LogP contribution in [0.4, 0.5) is 0 Å². The van der Waals surface area contributed by atoms with Crippen LogP contribution < -0.4 is 14.3 Å². The number of aromatic nitrogens is 1. The summed E-state index contributed by atoms with van der Waals surface area (Å²) in [5, 5.41) is 13.3. The summed E-state index contributed by atoms with van der Waals surface area (Å²) in [4.78, 5) is 28.8. The number of fused-ring (bicyclic) bond motifs is 1. The minimum Gasteiger partial charge on any atom is -0.492 e. The number of aliphatic carboxylic acids is 1. The fraction of sp³-hybridized carbons (Fsp3) is 0.222. The van der Waals surface area contributed by atoms with Crippen molar-refractivity contribution in [1.82, 2.24) is 4.57 Å². The van der Waals surface area contributed by atoms with Crippen molar-refractivity contribution in [3.05, 3.63) is 93.6 Å². The molecule has 1 heterocycles. The molecule has 1 N–H and O–H groups in total. The molecular formula is C27H26N2O6S. The molecule has 0 aliphatic rings. The predicted octanol–water partition coefficient (Wildman–Crippen LogP) is 4.78. The highest BCUT2D eigenvalue weighted by Crippen LogP contribution is 2.23. The molecule has 0 aliphatic heterocycles. The number of oxime groups is 1. The zero-order valence-electron chi connectivity index (χ0n) is 19.9. The lowest BCUT2D eigenvalue weighted by atomic mass is 10.0. The van der Waals surface area contributed by atoms with Gasteiger partial charge in [0.15, 0.2) is 6.10 Å². The second-order valence-corrected chi connectivity index (χ2v) is 8.86. The summed E-state index contributed by atoms with van der Waals surface area (Å²) in [7, 11) is 1.51. The summed E-state index contributed by atoms with van der Waals surface area (Å²) in [5.41, 5.74) is 3.29. The van der Waals surface area contributed by atoms with E-state index in [4.69, 9.17) is 19.4 Å². The third-order valence-corrected chi connectivity index (χ3v) is 6.45. The Labute approximate surface area is 212 Å². The maximum atomic E-state index is 12.7. The van der Waals surface area contributed by atoms with Crippen LogP contribution in [0, 0.1) is 0 Å². The lowest BCUT2D eigenvalue weighted by molar-refractivity contribution is -0.145. The highest BCUT2D eigenvalue weighted by Gasteiger charge is 2.17. The Morgan fingerprint density at radius 3 is 2.42 bits per heavy atom. The number of ether oxygens (including phenoxy) is 2. The van der Waals surface area contributed by atoms with E-state index in [0.29, 0.717) is 36.8 Å². The maximum Gasteiger partial charge on any atom is 0.344 e. The minimum atomic E-state index is -0.999. The van der Waals surface area contributed by atoms with Gasteiger partial charge in [-0.25, -0.2) is 4.79 Å². The molecule has 0 saturated carbocycles. The van der Waals surface area contributed by atoms with Crippen molar-refractivity contribution in [1.29, 1.82) is 0 Å². The van der Waals surface area contributed by atoms with Crippen LogP contribution in [0.25, 0.3) is 10.2 Å². The summed E-state index contributed by atoms with van der Waals surface area (Å²) in [6, 6.07) is 22.3. The average Bonchev–Trinajstić information content (AvgIpc) is 3.21. The summed E-state index contributed by atoms with van der Waals surface area (Å²) in [5.74, 6) is 0.0591. The van der Waals surface area contributed by atoms with Crippen molar-refractivity contribution >= 4 is 33.2 Å². The van der Waals surface area contributed by atoms with Crippen LogP contribution in [-0.2, 0) is 16.2 Å². The van der Waals surface area contributed by atoms with Crippen molar-refractivity contribution in [3.63, 3.8) is 0 Å². The number of rotatable bonds is 11. The first-order valence-corrected chi connectivity index (χ1v) is 12.2. The van der Waals surface area contributed by atoms with E-state index in [-0.39, 0.29) is 4.87 Å². The van der Waals surface area contributed by atoms with Crippen molar-refractivity contribution in [3.8, 4) is 11.5 Å². The molecule has 3 aromatic carbocycles. The van der Waals surface area contributed by atoms with Crippen molar-refractivity contribution in [2.24, 2.45) is 5.16 Å². The second-order valence-electron chi connectivity index (χ2n) is 7.86. The van der Waals surface area contributed by atoms with E-state index < -0.39 is 12.1 Å². The van der Waals surface area contributed by atoms with Gasteiger partial charge in [0, 0.05) is 11.1 Å². The number of thiazole rings is 1. The van der Waals surface area contributed by atoms with Crippen LogP contribution in [-0.4, -0.2) is 41.2 Å². The van der Waals surface area contributed by atoms with E-state index in [1.54, 1.807) is 35.8 Å². The monoisotopic (exact) mass is 506 g/mol. The van der Waals surface area contributed by atoms with E-state index in [9.17, 15) is 9.59 Å². The Morgan fingerprint density at radius 2 is 1.75 bits per heavy atom. The van der Waals surface area contributed by atoms with Gasteiger partial charge in [-0.3, -0.25) is 9.36 Å². The average molecular weight is 507 g/mol. The maximum absolute atomic E-state index is 12.7. The largest absolute Gasteiger partial charge is 0.492 e. The van der Waals surface area contributed by atoms with Crippen LogP contribution in [0.3, 0.4) is 0 Å². The zero-order valence-corrected chi connectivity index (χ0v) is 20.7. The van der Waals surface area contributed by atoms with Gasteiger partial charge in [0.25, 0.3) is 0 Å². The first-order chi connectivity index (χ1) is 17.5. The van der Waals surface area contributed by atoms with Gasteiger partial charge in [0.1, 0.15) is 30.9 Å². The third kappa shape index (κ3) is 5.75. The highest BCUT2D eigenvalue weighted by atomic mass is 32.1. The number of carboxylic acids is 1. The molecule has 4 aromatic rings. The van der Waals surface area contributed by atoms with E-state index in [1.807, 2.05) is 48.5 Å². The number of hydrogen-bond acceptors (Lipinski definition) is 7. The molecule has 0 spiro atoms. The van der Waals surface area contributed by atoms with Crippen molar-refractivity contribution in [2.75, 3.05) is 13.7 Å². The molecule has 9 heteroatoms. The van der Waals surface area contributed by atoms with E-state index in [1.165, 1.54) is 18.4 Å². The fourth-order valence-corrected chi connectivity index (χ4v) is 4.68. The molecule has 0 fully saturated rings. The first kappa shape index (κ1) is 25.0. The van der Waals surface area contributed by atoms with Gasteiger partial charge < -0.3 is 19.4 Å². The lowest BCUT2D eigenvalue weighted by Gasteiger charge is -2.13. The van der Waals surface area contributed by atoms with Gasteiger partial charge in [-0.2, -0.15) is 0 Å². The quantitative estimate of drug-likeness (QED) is 0.232. The topological polar surface area (TPSA) is 99.4 Å². The predicted molar refractivity (Wildman–Crippen MR) is 139 cm³/mol. The van der Waals surface area contributed by atoms with Gasteiger partial charge in [0.05, 0.1) is 16.8 Å². The SMILES string of the molecule is CCC(Oc1ccc(OCCn2c(=O)sc3cc(C(=NOC)c4ccccc4)ccc32)cc1)C(=O)O. The van der Waals surface area contributed by atoms with Crippen LogP contribution in [0.5, 0.6) is 11.5 Å². The van der Waals surface area contributed by atoms with Gasteiger partial charge in [-0.05, 0) is 42.8 Å². The molecule has 1 atom stereocenters. The molecule has 1 aromatic heterocycles. The van der Waals surface area contributed by atoms with Crippen LogP contribution in [0.2, 0.25) is 0 Å². The van der Waals surface area contributed by atoms with Crippen molar-refractivity contribution in [2.45, 2.75) is 26.0 Å². The standard InChI is InChI=1S/C27H26N2O6S/c1-3-23(26(30)31)35-21-12-10-20(11-13-21)34-16-15-29-22-14-9-19(17-24(22)36-27(29)32)25(28-33-2)18-7-5-4-6-8-18/h4-14,17,23H,3,15-16H2,1-2H3,(H,30,31). The van der Waals surface area contributed by atoms with Gasteiger partial charge >= 0.3 is 10.8 Å². The van der Waals surface area contributed by atoms with E-state index in [0.717, 1.165) is 21.3 Å². The smallest absolute Gasteiger partial charge is 0.344 e. The third-order valence-electron chi connectivity index (χ3n) is 5.50. The molecule has 0 amide bonds. The second kappa shape index (κ2) is 11.5. The van der Waals surface area contributed by atoms with Gasteiger partial charge in [-0.1, -0.05) is 59.8 Å². The molecule has 0 saturated heterocycles. The summed E-state index contributed by atoms with van der Waals surface area (Å²) in [6.45, 7) is 2.43. The fourth-order valence-electron chi connectivity index (χ4n) is 3.73. The van der Waals surface area contributed by atoms with Gasteiger partial charge in [-0.15, -0.1) is 0 Å². The Balaban J connectivity index is 1.45. The molecule has 1 unspecified atom stereocenters. The molecule has 4 rings (SSSR count). The number of carboxylic acid groups (broad SMARTS) is 1. The van der Waals surface area contributed by atoms with Crippen LogP contribution in [0.15, 0.2) is 82.7 Å². The Bertz CT molecular complexity index is 1410. The number of nitrogens with zero attached hydrogens (tertiary/aromatic N) is 2. The normalized spacial score (nSPS) is 12.3. The van der Waals surface area contributed by atoms with E-state index >= 15 is 0 Å². The summed E-state index contributed by atoms with van der Waals surface area (Å²) < 4.78 is 13.8. The Hall–Kier alpha value is -4.11. The Morgan fingerprint density at radius 1 is 1.03 bits per heavy atom. The molecule has 186 valence electrons. The zero-order chi connectivity index (χ0) is 25.5. The molecule has 8 nitrogen and oxygen atoms in total. The summed E-state index contributed by atoms with van der Waals surface area (Å²) >= 11 is 1.17. The highest BCUT2D eigenvalue weighted by molar-refractivity contribution is 7.16. The summed E-state index contributed by atoms with van der Waals surface area (Å²) in [6.07, 6.45) is -0.522. The van der Waals surface area contributed by atoms with Crippen LogP contribution >= 0.6 is 11.3 Å². The van der Waals surface area contributed by atoms with E-state index in [2.05, 4.69) is 5.16 Å². The lowest BCUT2D eigenvalue weighted by Crippen LogP contribution is -2.25. The number of carbonyl (C=O) groups is 1. The minimum absolute atomic E-state index is 0.0706. The molecule has 36 heavy (non-hydrogen) atoms. The molecular weight excluding hydrogens is 480 g/mol. The Kier molecular flexibility index (Phi) is 8.02. The van der Waals surface area contributed by atoms with Crippen molar-refractivity contribution < 1.29 is 24.2 Å². The first-order valence-electron chi connectivity index (χ1n) is 11.4. The molecule has 0 bridgehead atoms. The van der Waals surface area contributed by atoms with Gasteiger partial charge in [0.2, 0.25) is 0 Å². The van der Waals surface area contributed by atoms with Crippen LogP contribution in [0.1, 0.15) is 24.5 Å².